The van der Waals surface area contributed by atoms with Crippen molar-refractivity contribution in [2.75, 3.05) is 6.54 Å². The van der Waals surface area contributed by atoms with Crippen molar-refractivity contribution < 1.29 is 0 Å². The van der Waals surface area contributed by atoms with E-state index in [9.17, 15) is 0 Å². The van der Waals surface area contributed by atoms with Crippen molar-refractivity contribution >= 4 is 0 Å². The molecule has 2 rings (SSSR count). The zero-order chi connectivity index (χ0) is 12.4. The van der Waals surface area contributed by atoms with Crippen molar-refractivity contribution in [3.8, 4) is 0 Å². The lowest BCUT2D eigenvalue weighted by Gasteiger charge is -2.34. The number of aryl methyl sites for hydroxylation is 1. The lowest BCUT2D eigenvalue weighted by molar-refractivity contribution is 0.157. The largest absolute Gasteiger partial charge is 0.326 e. The summed E-state index contributed by atoms with van der Waals surface area (Å²) in [6.45, 7) is 5.53. The topological polar surface area (TPSA) is 47.1 Å². The van der Waals surface area contributed by atoms with E-state index in [1.807, 2.05) is 17.9 Å². The van der Waals surface area contributed by atoms with Gasteiger partial charge in [0.05, 0.1) is 12.2 Å². The summed E-state index contributed by atoms with van der Waals surface area (Å²) in [5.74, 6) is 0. The van der Waals surface area contributed by atoms with E-state index < -0.39 is 0 Å². The molecule has 0 spiro atoms. The van der Waals surface area contributed by atoms with Gasteiger partial charge < -0.3 is 5.73 Å². The Bertz CT molecular complexity index is 358. The molecule has 0 amide bonds. The number of nitrogens with zero attached hydrogens (tertiary/aromatic N) is 3. The van der Waals surface area contributed by atoms with E-state index in [2.05, 4.69) is 30.0 Å². The maximum atomic E-state index is 6.20. The third-order valence-corrected chi connectivity index (χ3v) is 3.82. The highest BCUT2D eigenvalue weighted by atomic mass is 15.3. The minimum Gasteiger partial charge on any atom is -0.326 e. The van der Waals surface area contributed by atoms with E-state index in [-0.39, 0.29) is 6.04 Å². The Kier molecular flexibility index (Phi) is 3.84. The van der Waals surface area contributed by atoms with Gasteiger partial charge in [-0.25, -0.2) is 0 Å². The molecular weight excluding hydrogens is 212 g/mol. The van der Waals surface area contributed by atoms with E-state index in [4.69, 9.17) is 5.73 Å². The molecule has 0 radical (unpaired) electrons. The first-order chi connectivity index (χ1) is 8.13. The molecular formula is C13H24N4. The zero-order valence-electron chi connectivity index (χ0n) is 11.1. The molecule has 3 unspecified atom stereocenters. The van der Waals surface area contributed by atoms with Crippen LogP contribution in [0.1, 0.15) is 44.7 Å². The fraction of sp³-hybridized carbons (Fsp3) is 0.769. The fourth-order valence-corrected chi connectivity index (χ4v) is 3.05. The van der Waals surface area contributed by atoms with Crippen LogP contribution in [0.5, 0.6) is 0 Å². The molecule has 17 heavy (non-hydrogen) atoms. The summed E-state index contributed by atoms with van der Waals surface area (Å²) in [4.78, 5) is 2.57. The first-order valence-corrected chi connectivity index (χ1v) is 6.63. The van der Waals surface area contributed by atoms with Crippen LogP contribution in [0.3, 0.4) is 0 Å². The van der Waals surface area contributed by atoms with Gasteiger partial charge in [0.2, 0.25) is 0 Å². The van der Waals surface area contributed by atoms with Gasteiger partial charge in [0.15, 0.2) is 0 Å². The SMILES string of the molecule is CCC1CCCN1C(c1cnn(C)c1)C(C)N. The van der Waals surface area contributed by atoms with Crippen molar-refractivity contribution in [3.05, 3.63) is 18.0 Å². The van der Waals surface area contributed by atoms with Crippen molar-refractivity contribution in [2.24, 2.45) is 12.8 Å². The maximum Gasteiger partial charge on any atom is 0.0538 e. The smallest absolute Gasteiger partial charge is 0.0538 e. The highest BCUT2D eigenvalue weighted by Crippen LogP contribution is 2.32. The second-order valence-corrected chi connectivity index (χ2v) is 5.19. The molecule has 1 aliphatic heterocycles. The van der Waals surface area contributed by atoms with E-state index in [0.717, 1.165) is 0 Å². The van der Waals surface area contributed by atoms with Gasteiger partial charge >= 0.3 is 0 Å². The average molecular weight is 236 g/mol. The molecule has 4 nitrogen and oxygen atoms in total. The van der Waals surface area contributed by atoms with Gasteiger partial charge in [-0.15, -0.1) is 0 Å². The van der Waals surface area contributed by atoms with Crippen molar-refractivity contribution in [2.45, 2.75) is 51.2 Å². The number of likely N-dealkylation sites (tertiary alicyclic amines) is 1. The molecule has 0 saturated carbocycles. The van der Waals surface area contributed by atoms with Crippen LogP contribution in [-0.4, -0.2) is 33.3 Å². The van der Waals surface area contributed by atoms with Crippen molar-refractivity contribution in [3.63, 3.8) is 0 Å². The van der Waals surface area contributed by atoms with Crippen molar-refractivity contribution in [1.29, 1.82) is 0 Å². The minimum absolute atomic E-state index is 0.145. The Balaban J connectivity index is 2.23. The Labute approximate surface area is 104 Å². The van der Waals surface area contributed by atoms with Crippen LogP contribution >= 0.6 is 0 Å². The lowest BCUT2D eigenvalue weighted by atomic mass is 10.0. The molecule has 0 aromatic carbocycles. The second-order valence-electron chi connectivity index (χ2n) is 5.19. The van der Waals surface area contributed by atoms with Gasteiger partial charge in [0, 0.05) is 30.9 Å². The third-order valence-electron chi connectivity index (χ3n) is 3.82. The molecule has 1 saturated heterocycles. The standard InChI is InChI=1S/C13H24N4/c1-4-12-6-5-7-17(12)13(10(2)14)11-8-15-16(3)9-11/h8-10,12-13H,4-7,14H2,1-3H3. The maximum absolute atomic E-state index is 6.20. The molecule has 96 valence electrons. The van der Waals surface area contributed by atoms with Crippen LogP contribution in [0.4, 0.5) is 0 Å². The summed E-state index contributed by atoms with van der Waals surface area (Å²) < 4.78 is 1.86. The van der Waals surface area contributed by atoms with Crippen LogP contribution in [0.25, 0.3) is 0 Å². The predicted molar refractivity (Wildman–Crippen MR) is 69.6 cm³/mol. The summed E-state index contributed by atoms with van der Waals surface area (Å²) in [5.41, 5.74) is 7.45. The van der Waals surface area contributed by atoms with Gasteiger partial charge in [-0.2, -0.15) is 5.10 Å². The number of aromatic nitrogens is 2. The molecule has 2 N–H and O–H groups in total. The van der Waals surface area contributed by atoms with Gasteiger partial charge in [-0.1, -0.05) is 6.92 Å². The van der Waals surface area contributed by atoms with E-state index in [1.165, 1.54) is 31.4 Å². The van der Waals surface area contributed by atoms with Crippen LogP contribution in [-0.2, 0) is 7.05 Å². The average Bonchev–Trinajstić information content (AvgIpc) is 2.88. The Morgan fingerprint density at radius 3 is 2.88 bits per heavy atom. The Hall–Kier alpha value is -0.870. The van der Waals surface area contributed by atoms with E-state index in [0.29, 0.717) is 12.1 Å². The molecule has 1 aliphatic rings. The Morgan fingerprint density at radius 1 is 1.59 bits per heavy atom. The number of nitrogens with two attached hydrogens (primary N) is 1. The highest BCUT2D eigenvalue weighted by molar-refractivity contribution is 5.14. The quantitative estimate of drug-likeness (QED) is 0.865. The van der Waals surface area contributed by atoms with Crippen LogP contribution in [0.2, 0.25) is 0 Å². The van der Waals surface area contributed by atoms with Gasteiger partial charge in [-0.3, -0.25) is 9.58 Å². The molecule has 4 heteroatoms. The van der Waals surface area contributed by atoms with E-state index >= 15 is 0 Å². The van der Waals surface area contributed by atoms with Gasteiger partial charge in [0.1, 0.15) is 0 Å². The number of rotatable bonds is 4. The van der Waals surface area contributed by atoms with Crippen LogP contribution in [0.15, 0.2) is 12.4 Å². The minimum atomic E-state index is 0.145. The first-order valence-electron chi connectivity index (χ1n) is 6.63. The van der Waals surface area contributed by atoms with Gasteiger partial charge in [-0.05, 0) is 32.7 Å². The summed E-state index contributed by atoms with van der Waals surface area (Å²) in [6.07, 6.45) is 7.86. The lowest BCUT2D eigenvalue weighted by Crippen LogP contribution is -2.41. The summed E-state index contributed by atoms with van der Waals surface area (Å²) in [6, 6.07) is 1.15. The number of hydrogen-bond acceptors (Lipinski definition) is 3. The molecule has 3 atom stereocenters. The highest BCUT2D eigenvalue weighted by Gasteiger charge is 2.33. The van der Waals surface area contributed by atoms with Gasteiger partial charge in [0.25, 0.3) is 0 Å². The predicted octanol–water partition coefficient (Wildman–Crippen LogP) is 1.68. The zero-order valence-corrected chi connectivity index (χ0v) is 11.1. The Morgan fingerprint density at radius 2 is 2.35 bits per heavy atom. The molecule has 1 fully saturated rings. The van der Waals surface area contributed by atoms with E-state index in [1.54, 1.807) is 0 Å². The number of hydrogen-bond donors (Lipinski definition) is 1. The summed E-state index contributed by atoms with van der Waals surface area (Å²) >= 11 is 0. The normalized spacial score (nSPS) is 25.1. The van der Waals surface area contributed by atoms with Crippen LogP contribution < -0.4 is 5.73 Å². The second kappa shape index (κ2) is 5.19. The fourth-order valence-electron chi connectivity index (χ4n) is 3.05. The molecule has 1 aromatic rings. The third kappa shape index (κ3) is 2.53. The summed E-state index contributed by atoms with van der Waals surface area (Å²) in [7, 11) is 1.96. The molecule has 0 bridgehead atoms. The molecule has 2 heterocycles. The summed E-state index contributed by atoms with van der Waals surface area (Å²) in [5, 5.41) is 4.28. The van der Waals surface area contributed by atoms with Crippen LogP contribution in [0, 0.1) is 0 Å². The van der Waals surface area contributed by atoms with Crippen molar-refractivity contribution in [1.82, 2.24) is 14.7 Å². The molecule has 1 aromatic heterocycles. The monoisotopic (exact) mass is 236 g/mol. The first kappa shape index (κ1) is 12.6. The molecule has 0 aliphatic carbocycles.